The Balaban J connectivity index is 2.30. The van der Waals surface area contributed by atoms with Crippen molar-refractivity contribution < 1.29 is 4.52 Å². The molecule has 0 saturated heterocycles. The van der Waals surface area contributed by atoms with Crippen LogP contribution in [-0.2, 0) is 0 Å². The quantitative estimate of drug-likeness (QED) is 0.757. The van der Waals surface area contributed by atoms with Crippen molar-refractivity contribution in [1.82, 2.24) is 5.16 Å². The molecule has 4 nitrogen and oxygen atoms in total. The number of nitrogens with one attached hydrogen (secondary N) is 1. The Bertz CT molecular complexity index is 523. The zero-order valence-electron chi connectivity index (χ0n) is 8.23. The third kappa shape index (κ3) is 2.04. The number of aryl methyl sites for hydroxylation is 1. The molecule has 2 aromatic rings. The summed E-state index contributed by atoms with van der Waals surface area (Å²) in [6, 6.07) is 9.41. The van der Waals surface area contributed by atoms with Gasteiger partial charge in [-0.3, -0.25) is 4.99 Å². The van der Waals surface area contributed by atoms with Gasteiger partial charge in [-0.25, -0.2) is 9.95 Å². The van der Waals surface area contributed by atoms with E-state index in [1.165, 1.54) is 6.21 Å². The normalized spacial score (nSPS) is 11.0. The first-order valence-corrected chi connectivity index (χ1v) is 4.54. The van der Waals surface area contributed by atoms with Gasteiger partial charge >= 0.3 is 5.63 Å². The summed E-state index contributed by atoms with van der Waals surface area (Å²) in [5, 5.41) is 2.49. The maximum absolute atomic E-state index is 11.2. The van der Waals surface area contributed by atoms with Gasteiger partial charge in [-0.05, 0) is 19.1 Å². The van der Waals surface area contributed by atoms with Crippen molar-refractivity contribution in [2.24, 2.45) is 4.99 Å². The monoisotopic (exact) mass is 202 g/mol. The first-order valence-electron chi connectivity index (χ1n) is 4.54. The second-order valence-electron chi connectivity index (χ2n) is 3.12. The van der Waals surface area contributed by atoms with Crippen molar-refractivity contribution in [2.75, 3.05) is 0 Å². The third-order valence-corrected chi connectivity index (χ3v) is 2.02. The molecule has 4 heteroatoms. The lowest BCUT2D eigenvalue weighted by Crippen LogP contribution is -2.00. The van der Waals surface area contributed by atoms with E-state index in [0.717, 1.165) is 5.69 Å². The highest BCUT2D eigenvalue weighted by molar-refractivity contribution is 5.82. The SMILES string of the molecule is Cc1[nH]oc(=O)c1C=Nc1ccccc1. The molecule has 0 aliphatic rings. The van der Waals surface area contributed by atoms with E-state index in [4.69, 9.17) is 0 Å². The summed E-state index contributed by atoms with van der Waals surface area (Å²) in [5.74, 6) is 0. The molecule has 0 aliphatic heterocycles. The summed E-state index contributed by atoms with van der Waals surface area (Å²) < 4.78 is 4.61. The van der Waals surface area contributed by atoms with E-state index in [9.17, 15) is 4.79 Å². The van der Waals surface area contributed by atoms with Gasteiger partial charge in [-0.1, -0.05) is 18.2 Å². The Kier molecular flexibility index (Phi) is 2.49. The number of aromatic nitrogens is 1. The summed E-state index contributed by atoms with van der Waals surface area (Å²) >= 11 is 0. The van der Waals surface area contributed by atoms with E-state index >= 15 is 0 Å². The molecule has 0 aliphatic carbocycles. The maximum Gasteiger partial charge on any atom is 0.366 e. The minimum absolute atomic E-state index is 0.396. The van der Waals surface area contributed by atoms with E-state index < -0.39 is 5.63 Å². The lowest BCUT2D eigenvalue weighted by atomic mass is 10.3. The first-order chi connectivity index (χ1) is 7.27. The fraction of sp³-hybridized carbons (Fsp3) is 0.0909. The minimum atomic E-state index is -0.396. The van der Waals surface area contributed by atoms with Crippen molar-refractivity contribution >= 4 is 11.9 Å². The Morgan fingerprint density at radius 1 is 1.33 bits per heavy atom. The van der Waals surface area contributed by atoms with Crippen LogP contribution < -0.4 is 5.63 Å². The van der Waals surface area contributed by atoms with Crippen molar-refractivity contribution in [3.63, 3.8) is 0 Å². The molecule has 15 heavy (non-hydrogen) atoms. The van der Waals surface area contributed by atoms with E-state index in [1.54, 1.807) is 6.92 Å². The van der Waals surface area contributed by atoms with E-state index in [1.807, 2.05) is 30.3 Å². The molecule has 0 fully saturated rings. The van der Waals surface area contributed by atoms with Crippen LogP contribution in [-0.4, -0.2) is 11.4 Å². The van der Waals surface area contributed by atoms with Crippen molar-refractivity contribution in [3.05, 3.63) is 52.0 Å². The second kappa shape index (κ2) is 3.96. The van der Waals surface area contributed by atoms with Crippen molar-refractivity contribution in [2.45, 2.75) is 6.92 Å². The largest absolute Gasteiger partial charge is 0.366 e. The molecule has 0 radical (unpaired) electrons. The van der Waals surface area contributed by atoms with Crippen LogP contribution in [0.3, 0.4) is 0 Å². The summed E-state index contributed by atoms with van der Waals surface area (Å²) in [5.41, 5.74) is 1.54. The highest BCUT2D eigenvalue weighted by atomic mass is 16.5. The zero-order valence-corrected chi connectivity index (χ0v) is 8.23. The highest BCUT2D eigenvalue weighted by Crippen LogP contribution is 2.09. The molecule has 0 saturated carbocycles. The smallest absolute Gasteiger partial charge is 0.338 e. The number of nitrogens with zero attached hydrogens (tertiary/aromatic N) is 1. The molecule has 1 N–H and O–H groups in total. The van der Waals surface area contributed by atoms with Crippen LogP contribution in [0.4, 0.5) is 5.69 Å². The van der Waals surface area contributed by atoms with Crippen LogP contribution in [0, 0.1) is 6.92 Å². The van der Waals surface area contributed by atoms with Crippen LogP contribution in [0.1, 0.15) is 11.3 Å². The van der Waals surface area contributed by atoms with E-state index in [-0.39, 0.29) is 0 Å². The second-order valence-corrected chi connectivity index (χ2v) is 3.12. The summed E-state index contributed by atoms with van der Waals surface area (Å²) in [6.07, 6.45) is 1.51. The van der Waals surface area contributed by atoms with Crippen molar-refractivity contribution in [1.29, 1.82) is 0 Å². The number of rotatable bonds is 2. The topological polar surface area (TPSA) is 58.4 Å². The molecule has 76 valence electrons. The van der Waals surface area contributed by atoms with Crippen LogP contribution in [0.25, 0.3) is 0 Å². The molecule has 2 rings (SSSR count). The summed E-state index contributed by atoms with van der Waals surface area (Å²) in [7, 11) is 0. The predicted octanol–water partition coefficient (Wildman–Crippen LogP) is 2.03. The number of aliphatic imine (C=N–C) groups is 1. The Hall–Kier alpha value is -2.10. The molecule has 1 aromatic heterocycles. The minimum Gasteiger partial charge on any atom is -0.338 e. The number of para-hydroxylation sites is 1. The fourth-order valence-electron chi connectivity index (χ4n) is 1.19. The van der Waals surface area contributed by atoms with Gasteiger partial charge in [0.15, 0.2) is 0 Å². The number of hydrogen-bond donors (Lipinski definition) is 1. The average molecular weight is 202 g/mol. The van der Waals surface area contributed by atoms with E-state index in [2.05, 4.69) is 14.7 Å². The van der Waals surface area contributed by atoms with Crippen LogP contribution in [0.15, 0.2) is 44.6 Å². The maximum atomic E-state index is 11.2. The van der Waals surface area contributed by atoms with Gasteiger partial charge in [0.25, 0.3) is 0 Å². The molecule has 0 unspecified atom stereocenters. The number of benzene rings is 1. The van der Waals surface area contributed by atoms with E-state index in [0.29, 0.717) is 11.3 Å². The summed E-state index contributed by atoms with van der Waals surface area (Å²) in [6.45, 7) is 1.76. The lowest BCUT2D eigenvalue weighted by Gasteiger charge is -1.89. The van der Waals surface area contributed by atoms with Crippen LogP contribution in [0.2, 0.25) is 0 Å². The molecular weight excluding hydrogens is 192 g/mol. The van der Waals surface area contributed by atoms with Gasteiger partial charge in [-0.15, -0.1) is 0 Å². The molecule has 0 amide bonds. The van der Waals surface area contributed by atoms with Gasteiger partial charge in [0.2, 0.25) is 0 Å². The Morgan fingerprint density at radius 3 is 2.67 bits per heavy atom. The third-order valence-electron chi connectivity index (χ3n) is 2.02. The number of aromatic amines is 1. The predicted molar refractivity (Wildman–Crippen MR) is 57.8 cm³/mol. The lowest BCUT2D eigenvalue weighted by molar-refractivity contribution is 0.387. The van der Waals surface area contributed by atoms with Gasteiger partial charge < -0.3 is 4.52 Å². The molecular formula is C11H10N2O2. The first kappa shape index (κ1) is 9.45. The standard InChI is InChI=1S/C11H10N2O2/c1-8-10(11(14)15-13-8)7-12-9-5-3-2-4-6-9/h2-7,13H,1H3. The summed E-state index contributed by atoms with van der Waals surface area (Å²) in [4.78, 5) is 15.3. The van der Waals surface area contributed by atoms with Gasteiger partial charge in [0, 0.05) is 6.21 Å². The Labute approximate surface area is 86.2 Å². The molecule has 1 aromatic carbocycles. The molecule has 0 bridgehead atoms. The highest BCUT2D eigenvalue weighted by Gasteiger charge is 2.04. The molecule has 1 heterocycles. The number of H-pyrrole nitrogens is 1. The van der Waals surface area contributed by atoms with Gasteiger partial charge in [0.05, 0.1) is 11.4 Å². The zero-order chi connectivity index (χ0) is 10.7. The molecule has 0 spiro atoms. The van der Waals surface area contributed by atoms with Crippen LogP contribution >= 0.6 is 0 Å². The molecule has 0 atom stereocenters. The number of hydrogen-bond acceptors (Lipinski definition) is 3. The average Bonchev–Trinajstić information content (AvgIpc) is 2.58. The van der Waals surface area contributed by atoms with Crippen molar-refractivity contribution in [3.8, 4) is 0 Å². The van der Waals surface area contributed by atoms with Crippen LogP contribution in [0.5, 0.6) is 0 Å². The Morgan fingerprint density at radius 2 is 2.07 bits per heavy atom. The van der Waals surface area contributed by atoms with Gasteiger partial charge in [0.1, 0.15) is 5.56 Å². The van der Waals surface area contributed by atoms with Gasteiger partial charge in [-0.2, -0.15) is 0 Å². The fourth-order valence-corrected chi connectivity index (χ4v) is 1.19.